The first kappa shape index (κ1) is 24.2. The quantitative estimate of drug-likeness (QED) is 0.304. The normalized spacial score (nSPS) is 16.9. The second-order valence-corrected chi connectivity index (χ2v) is 7.02. The Hall–Kier alpha value is -1.84. The Balaban J connectivity index is 0.00000392. The molecular weight excluding hydrogens is 469 g/mol. The summed E-state index contributed by atoms with van der Waals surface area (Å²) in [7, 11) is 1.77. The van der Waals surface area contributed by atoms with Crippen molar-refractivity contribution in [1.29, 1.82) is 0 Å². The van der Waals surface area contributed by atoms with Crippen LogP contribution in [-0.2, 0) is 16.1 Å². The minimum Gasteiger partial charge on any atom is -0.370 e. The van der Waals surface area contributed by atoms with Gasteiger partial charge in [-0.15, -0.1) is 24.0 Å². The summed E-state index contributed by atoms with van der Waals surface area (Å²) < 4.78 is 0. The molecule has 0 bridgehead atoms. The standard InChI is InChI=1S/C20H31N5O2.HI/c1-3-6-19(27)24-17-9-4-7-15(11-17)13-23-20(22-2)25-10-5-8-16(14-25)12-18(21)26;/h4,7,9,11,16H,3,5-6,8,10,12-14H2,1-2H3,(H2,21,26)(H,22,23)(H,24,27);1H. The number of carbonyl (C=O) groups is 2. The third kappa shape index (κ3) is 8.04. The van der Waals surface area contributed by atoms with Crippen molar-refractivity contribution in [1.82, 2.24) is 10.2 Å². The molecule has 1 aromatic carbocycles. The number of benzene rings is 1. The highest BCUT2D eigenvalue weighted by Gasteiger charge is 2.23. The van der Waals surface area contributed by atoms with Gasteiger partial charge < -0.3 is 21.3 Å². The molecule has 1 aromatic rings. The number of aliphatic imine (C=N–C) groups is 1. The fourth-order valence-corrected chi connectivity index (χ4v) is 3.43. The average Bonchev–Trinajstić information content (AvgIpc) is 2.62. The minimum absolute atomic E-state index is 0. The molecule has 2 amide bonds. The van der Waals surface area contributed by atoms with Crippen molar-refractivity contribution in [2.24, 2.45) is 16.6 Å². The number of carbonyl (C=O) groups excluding carboxylic acids is 2. The third-order valence-electron chi connectivity index (χ3n) is 4.66. The van der Waals surface area contributed by atoms with E-state index in [2.05, 4.69) is 20.5 Å². The molecule has 1 aliphatic rings. The van der Waals surface area contributed by atoms with Gasteiger partial charge in [0.15, 0.2) is 5.96 Å². The molecule has 1 atom stereocenters. The lowest BCUT2D eigenvalue weighted by Crippen LogP contribution is -2.46. The van der Waals surface area contributed by atoms with Crippen LogP contribution in [0.3, 0.4) is 0 Å². The van der Waals surface area contributed by atoms with Crippen molar-refractivity contribution in [3.05, 3.63) is 29.8 Å². The third-order valence-corrected chi connectivity index (χ3v) is 4.66. The number of nitrogens with one attached hydrogen (secondary N) is 2. The van der Waals surface area contributed by atoms with Crippen LogP contribution < -0.4 is 16.4 Å². The van der Waals surface area contributed by atoms with Gasteiger partial charge in [-0.2, -0.15) is 0 Å². The summed E-state index contributed by atoms with van der Waals surface area (Å²) in [5, 5.41) is 6.30. The molecule has 1 saturated heterocycles. The number of likely N-dealkylation sites (tertiary alicyclic amines) is 1. The maximum atomic E-state index is 11.8. The van der Waals surface area contributed by atoms with Crippen molar-refractivity contribution >= 4 is 47.4 Å². The van der Waals surface area contributed by atoms with Crippen LogP contribution in [0, 0.1) is 5.92 Å². The molecular formula is C20H32IN5O2. The SMILES string of the molecule is CCCC(=O)Nc1cccc(CNC(=NC)N2CCCC(CC(N)=O)C2)c1.I. The smallest absolute Gasteiger partial charge is 0.224 e. The van der Waals surface area contributed by atoms with E-state index >= 15 is 0 Å². The molecule has 0 aliphatic carbocycles. The van der Waals surface area contributed by atoms with Gasteiger partial charge in [0.1, 0.15) is 0 Å². The average molecular weight is 501 g/mol. The van der Waals surface area contributed by atoms with Crippen molar-refractivity contribution < 1.29 is 9.59 Å². The number of hydrogen-bond acceptors (Lipinski definition) is 3. The number of rotatable bonds is 7. The minimum atomic E-state index is -0.244. The van der Waals surface area contributed by atoms with Crippen LogP contribution in [0.2, 0.25) is 0 Å². The number of hydrogen-bond donors (Lipinski definition) is 3. The van der Waals surface area contributed by atoms with Crippen LogP contribution in [0.4, 0.5) is 5.69 Å². The number of piperidine rings is 1. The van der Waals surface area contributed by atoms with Gasteiger partial charge in [-0.3, -0.25) is 14.6 Å². The summed E-state index contributed by atoms with van der Waals surface area (Å²) in [5.74, 6) is 0.899. The number of nitrogens with two attached hydrogens (primary N) is 1. The maximum absolute atomic E-state index is 11.8. The summed E-state index contributed by atoms with van der Waals surface area (Å²) in [6.45, 7) is 4.30. The molecule has 4 N–H and O–H groups in total. The Kier molecular flexibility index (Phi) is 10.9. The molecule has 1 aliphatic heterocycles. The van der Waals surface area contributed by atoms with Gasteiger partial charge in [-0.25, -0.2) is 0 Å². The van der Waals surface area contributed by atoms with Gasteiger partial charge in [0.05, 0.1) is 0 Å². The summed E-state index contributed by atoms with van der Waals surface area (Å²) in [5.41, 5.74) is 7.22. The number of primary amides is 1. The van der Waals surface area contributed by atoms with Gasteiger partial charge in [-0.1, -0.05) is 19.1 Å². The van der Waals surface area contributed by atoms with Crippen molar-refractivity contribution in [3.8, 4) is 0 Å². The second-order valence-electron chi connectivity index (χ2n) is 7.02. The lowest BCUT2D eigenvalue weighted by molar-refractivity contribution is -0.119. The zero-order valence-electron chi connectivity index (χ0n) is 16.7. The van der Waals surface area contributed by atoms with Gasteiger partial charge in [0.2, 0.25) is 11.8 Å². The van der Waals surface area contributed by atoms with Crippen molar-refractivity contribution in [2.75, 3.05) is 25.5 Å². The van der Waals surface area contributed by atoms with Gasteiger partial charge in [-0.05, 0) is 42.9 Å². The number of nitrogens with zero attached hydrogens (tertiary/aromatic N) is 2. The van der Waals surface area contributed by atoms with E-state index in [-0.39, 0.29) is 41.7 Å². The zero-order chi connectivity index (χ0) is 19.6. The zero-order valence-corrected chi connectivity index (χ0v) is 19.1. The van der Waals surface area contributed by atoms with E-state index in [1.54, 1.807) is 7.05 Å². The largest absolute Gasteiger partial charge is 0.370 e. The number of guanidine groups is 1. The summed E-state index contributed by atoms with van der Waals surface area (Å²) >= 11 is 0. The lowest BCUT2D eigenvalue weighted by atomic mass is 9.95. The fraction of sp³-hybridized carbons (Fsp3) is 0.550. The van der Waals surface area contributed by atoms with Gasteiger partial charge >= 0.3 is 0 Å². The number of anilines is 1. The highest BCUT2D eigenvalue weighted by Crippen LogP contribution is 2.19. The van der Waals surface area contributed by atoms with Crippen LogP contribution >= 0.6 is 24.0 Å². The predicted octanol–water partition coefficient (Wildman–Crippen LogP) is 2.71. The highest BCUT2D eigenvalue weighted by atomic mass is 127. The first-order chi connectivity index (χ1) is 13.0. The van der Waals surface area contributed by atoms with Crippen LogP contribution in [0.25, 0.3) is 0 Å². The first-order valence-corrected chi connectivity index (χ1v) is 9.64. The fourth-order valence-electron chi connectivity index (χ4n) is 3.43. The van der Waals surface area contributed by atoms with Crippen molar-refractivity contribution in [3.63, 3.8) is 0 Å². The van der Waals surface area contributed by atoms with Gasteiger partial charge in [0.25, 0.3) is 0 Å². The lowest BCUT2D eigenvalue weighted by Gasteiger charge is -2.34. The number of amides is 2. The van der Waals surface area contributed by atoms with E-state index in [9.17, 15) is 9.59 Å². The van der Waals surface area contributed by atoms with E-state index in [4.69, 9.17) is 5.73 Å². The second kappa shape index (κ2) is 12.6. The summed E-state index contributed by atoms with van der Waals surface area (Å²) in [4.78, 5) is 29.5. The molecule has 7 nitrogen and oxygen atoms in total. The Morgan fingerprint density at radius 2 is 2.14 bits per heavy atom. The van der Waals surface area contributed by atoms with Crippen LogP contribution in [0.5, 0.6) is 0 Å². The van der Waals surface area contributed by atoms with E-state index in [1.165, 1.54) is 0 Å². The molecule has 0 radical (unpaired) electrons. The van der Waals surface area contributed by atoms with Gasteiger partial charge in [0, 0.05) is 45.2 Å². The van der Waals surface area contributed by atoms with E-state index in [0.717, 1.165) is 49.6 Å². The topological polar surface area (TPSA) is 99.8 Å². The van der Waals surface area contributed by atoms with E-state index < -0.39 is 0 Å². The highest BCUT2D eigenvalue weighted by molar-refractivity contribution is 14.0. The molecule has 1 fully saturated rings. The van der Waals surface area contributed by atoms with Crippen LogP contribution in [-0.4, -0.2) is 42.8 Å². The summed E-state index contributed by atoms with van der Waals surface area (Å²) in [6, 6.07) is 7.82. The monoisotopic (exact) mass is 501 g/mol. The first-order valence-electron chi connectivity index (χ1n) is 9.64. The Bertz CT molecular complexity index is 680. The molecule has 2 rings (SSSR count). The molecule has 1 unspecified atom stereocenters. The van der Waals surface area contributed by atoms with Crippen LogP contribution in [0.1, 0.15) is 44.6 Å². The summed E-state index contributed by atoms with van der Waals surface area (Å²) in [6.07, 6.45) is 3.83. The Labute approximate surface area is 184 Å². The van der Waals surface area contributed by atoms with Crippen molar-refractivity contribution in [2.45, 2.75) is 45.6 Å². The number of halogens is 1. The van der Waals surface area contributed by atoms with Crippen LogP contribution in [0.15, 0.2) is 29.3 Å². The molecule has 8 heteroatoms. The Morgan fingerprint density at radius 1 is 1.36 bits per heavy atom. The predicted molar refractivity (Wildman–Crippen MR) is 124 cm³/mol. The maximum Gasteiger partial charge on any atom is 0.224 e. The molecule has 0 saturated carbocycles. The molecule has 1 heterocycles. The molecule has 0 spiro atoms. The van der Waals surface area contributed by atoms with E-state index in [0.29, 0.717) is 19.4 Å². The molecule has 0 aromatic heterocycles. The van der Waals surface area contributed by atoms with E-state index in [1.807, 2.05) is 31.2 Å². The Morgan fingerprint density at radius 3 is 2.82 bits per heavy atom. The molecule has 28 heavy (non-hydrogen) atoms. The molecule has 156 valence electrons.